The molecule has 154 valence electrons. The van der Waals surface area contributed by atoms with E-state index in [0.29, 0.717) is 44.9 Å². The zero-order valence-corrected chi connectivity index (χ0v) is 17.7. The molecule has 1 aliphatic heterocycles. The quantitative estimate of drug-likeness (QED) is 0.544. The van der Waals surface area contributed by atoms with Gasteiger partial charge in [-0.15, -0.1) is 0 Å². The van der Waals surface area contributed by atoms with E-state index < -0.39 is 7.60 Å². The van der Waals surface area contributed by atoms with E-state index in [4.69, 9.17) is 23.3 Å². The molecule has 0 radical (unpaired) electrons. The summed E-state index contributed by atoms with van der Waals surface area (Å²) >= 11 is 0. The summed E-state index contributed by atoms with van der Waals surface area (Å²) in [5.74, 6) is 1.21. The first-order valence-corrected chi connectivity index (χ1v) is 10.1. The number of hydrogen-bond donors (Lipinski definition) is 1. The average Bonchev–Trinajstić information content (AvgIpc) is 3.06. The van der Waals surface area contributed by atoms with Crippen LogP contribution in [0.4, 0.5) is 5.69 Å². The van der Waals surface area contributed by atoms with Gasteiger partial charge in [0.25, 0.3) is 5.91 Å². The second kappa shape index (κ2) is 8.29. The van der Waals surface area contributed by atoms with Gasteiger partial charge in [0.1, 0.15) is 5.75 Å². The molecule has 3 rings (SSSR count). The van der Waals surface area contributed by atoms with Crippen LogP contribution in [-0.2, 0) is 18.4 Å². The number of amides is 1. The van der Waals surface area contributed by atoms with Gasteiger partial charge < -0.3 is 28.6 Å². The van der Waals surface area contributed by atoms with Crippen molar-refractivity contribution in [1.82, 2.24) is 0 Å². The van der Waals surface area contributed by atoms with Crippen LogP contribution in [0.2, 0.25) is 0 Å². The van der Waals surface area contributed by atoms with Gasteiger partial charge in [-0.25, -0.2) is 0 Å². The van der Waals surface area contributed by atoms with E-state index in [0.717, 1.165) is 0 Å². The topological polar surface area (TPSA) is 92.3 Å². The number of hydrogen-bond acceptors (Lipinski definition) is 7. The Morgan fingerprint density at radius 3 is 2.24 bits per heavy atom. The number of fused-ring (bicyclic) bond motifs is 1. The van der Waals surface area contributed by atoms with Gasteiger partial charge in [0.05, 0.1) is 26.6 Å². The molecule has 9 heteroatoms. The van der Waals surface area contributed by atoms with Gasteiger partial charge in [-0.2, -0.15) is 0 Å². The minimum Gasteiger partial charge on any atom is -0.497 e. The number of methoxy groups -OCH3 is 3. The summed E-state index contributed by atoms with van der Waals surface area (Å²) < 4.78 is 38.8. The predicted molar refractivity (Wildman–Crippen MR) is 110 cm³/mol. The number of ether oxygens (including phenoxy) is 3. The summed E-state index contributed by atoms with van der Waals surface area (Å²) in [6.07, 6.45) is 1.69. The minimum atomic E-state index is -3.43. The van der Waals surface area contributed by atoms with E-state index in [-0.39, 0.29) is 5.91 Å². The van der Waals surface area contributed by atoms with Crippen molar-refractivity contribution in [2.45, 2.75) is 0 Å². The Labute approximate surface area is 168 Å². The average molecular weight is 419 g/mol. The highest BCUT2D eigenvalue weighted by atomic mass is 31.2. The summed E-state index contributed by atoms with van der Waals surface area (Å²) in [5.41, 5.74) is 2.21. The van der Waals surface area contributed by atoms with Crippen molar-refractivity contribution in [1.29, 1.82) is 0 Å². The molecule has 0 atom stereocenters. The van der Waals surface area contributed by atoms with Gasteiger partial charge in [0.2, 0.25) is 0 Å². The van der Waals surface area contributed by atoms with Crippen molar-refractivity contribution in [3.05, 3.63) is 41.5 Å². The monoisotopic (exact) mass is 419 g/mol. The maximum absolute atomic E-state index is 12.6. The molecule has 0 aromatic heterocycles. The molecule has 29 heavy (non-hydrogen) atoms. The lowest BCUT2D eigenvalue weighted by Gasteiger charge is -2.14. The third kappa shape index (κ3) is 3.74. The molecule has 0 bridgehead atoms. The zero-order valence-electron chi connectivity index (χ0n) is 16.8. The molecule has 0 spiro atoms. The maximum Gasteiger partial charge on any atom is 0.360 e. The van der Waals surface area contributed by atoms with Crippen molar-refractivity contribution >= 4 is 36.1 Å². The predicted octanol–water partition coefficient (Wildman–Crippen LogP) is 3.32. The maximum atomic E-state index is 12.6. The second-order valence-corrected chi connectivity index (χ2v) is 8.30. The number of carbonyl (C=O) groups is 1. The van der Waals surface area contributed by atoms with Crippen LogP contribution < -0.4 is 24.8 Å². The molecule has 1 amide bonds. The lowest BCUT2D eigenvalue weighted by atomic mass is 10.0. The number of anilines is 1. The molecule has 2 aromatic carbocycles. The van der Waals surface area contributed by atoms with Crippen LogP contribution in [0, 0.1) is 0 Å². The van der Waals surface area contributed by atoms with E-state index in [1.54, 1.807) is 43.5 Å². The second-order valence-electron chi connectivity index (χ2n) is 6.06. The van der Waals surface area contributed by atoms with Gasteiger partial charge in [0, 0.05) is 42.7 Å². The molecule has 1 heterocycles. The fraction of sp³-hybridized carbons (Fsp3) is 0.250. The van der Waals surface area contributed by atoms with Gasteiger partial charge in [-0.1, -0.05) is 6.07 Å². The molecule has 0 fully saturated rings. The number of benzene rings is 2. The van der Waals surface area contributed by atoms with Crippen molar-refractivity contribution in [2.24, 2.45) is 0 Å². The van der Waals surface area contributed by atoms with Gasteiger partial charge in [-0.05, 0) is 24.3 Å². The number of nitrogens with one attached hydrogen (secondary N) is 1. The fourth-order valence-electron chi connectivity index (χ4n) is 3.13. The van der Waals surface area contributed by atoms with E-state index in [2.05, 4.69) is 5.32 Å². The van der Waals surface area contributed by atoms with Gasteiger partial charge >= 0.3 is 7.60 Å². The smallest absolute Gasteiger partial charge is 0.360 e. The van der Waals surface area contributed by atoms with Crippen LogP contribution in [0.25, 0.3) is 11.6 Å². The standard InChI is InChI=1S/C20H22NO7P/c1-24-13-8-12(19(26-3)18(10-13)25-2)9-16-15-7-6-14(29(23,27-4)28-5)11-17(15)21-20(16)22/h6-11H,1-5H3,(H,21,22)/b16-9-. The highest BCUT2D eigenvalue weighted by Crippen LogP contribution is 2.47. The summed E-state index contributed by atoms with van der Waals surface area (Å²) in [6, 6.07) is 8.35. The van der Waals surface area contributed by atoms with Gasteiger partial charge in [0.15, 0.2) is 11.5 Å². The highest BCUT2D eigenvalue weighted by Gasteiger charge is 2.30. The van der Waals surface area contributed by atoms with Crippen molar-refractivity contribution in [3.63, 3.8) is 0 Å². The molecule has 1 N–H and O–H groups in total. The van der Waals surface area contributed by atoms with Crippen molar-refractivity contribution in [2.75, 3.05) is 40.9 Å². The van der Waals surface area contributed by atoms with Crippen LogP contribution in [0.3, 0.4) is 0 Å². The first-order valence-electron chi connectivity index (χ1n) is 8.60. The Balaban J connectivity index is 2.12. The Kier molecular flexibility index (Phi) is 5.98. The Hall–Kier alpha value is -2.80. The Morgan fingerprint density at radius 1 is 0.931 bits per heavy atom. The van der Waals surface area contributed by atoms with Crippen LogP contribution in [-0.4, -0.2) is 41.5 Å². The molecular formula is C20H22NO7P. The Bertz CT molecular complexity index is 1020. The normalized spacial score (nSPS) is 14.5. The molecule has 2 aromatic rings. The molecule has 0 unspecified atom stereocenters. The van der Waals surface area contributed by atoms with E-state index in [9.17, 15) is 9.36 Å². The SMILES string of the molecule is COc1cc(/C=C2\C(=O)Nc3cc(P(=O)(OC)OC)ccc32)c(OC)c(OC)c1. The van der Waals surface area contributed by atoms with Crippen LogP contribution in [0.15, 0.2) is 30.3 Å². The van der Waals surface area contributed by atoms with Crippen molar-refractivity contribution in [3.8, 4) is 17.2 Å². The summed E-state index contributed by atoms with van der Waals surface area (Å²) in [7, 11) is 3.78. The number of rotatable bonds is 7. The molecule has 0 saturated heterocycles. The molecule has 1 aliphatic rings. The lowest BCUT2D eigenvalue weighted by Crippen LogP contribution is -2.09. The third-order valence-corrected chi connectivity index (χ3v) is 6.47. The first kappa shape index (κ1) is 20.9. The third-order valence-electron chi connectivity index (χ3n) is 4.60. The largest absolute Gasteiger partial charge is 0.497 e. The van der Waals surface area contributed by atoms with Gasteiger partial charge in [-0.3, -0.25) is 9.36 Å². The van der Waals surface area contributed by atoms with E-state index in [1.165, 1.54) is 28.4 Å². The lowest BCUT2D eigenvalue weighted by molar-refractivity contribution is -0.110. The fourth-order valence-corrected chi connectivity index (χ4v) is 4.24. The van der Waals surface area contributed by atoms with E-state index in [1.807, 2.05) is 0 Å². The molecule has 8 nitrogen and oxygen atoms in total. The van der Waals surface area contributed by atoms with Crippen LogP contribution in [0.1, 0.15) is 11.1 Å². The van der Waals surface area contributed by atoms with Crippen molar-refractivity contribution < 1.29 is 32.6 Å². The summed E-state index contributed by atoms with van der Waals surface area (Å²) in [6.45, 7) is 0. The number of carbonyl (C=O) groups excluding carboxylic acids is 1. The summed E-state index contributed by atoms with van der Waals surface area (Å²) in [5, 5.41) is 3.13. The minimum absolute atomic E-state index is 0.300. The highest BCUT2D eigenvalue weighted by molar-refractivity contribution is 7.62. The first-order chi connectivity index (χ1) is 13.9. The molecule has 0 saturated carbocycles. The van der Waals surface area contributed by atoms with E-state index >= 15 is 0 Å². The Morgan fingerprint density at radius 2 is 1.66 bits per heavy atom. The molecule has 0 aliphatic carbocycles. The summed E-state index contributed by atoms with van der Waals surface area (Å²) in [4.78, 5) is 12.6. The molecular weight excluding hydrogens is 397 g/mol. The van der Waals surface area contributed by atoms with Crippen LogP contribution in [0.5, 0.6) is 17.2 Å². The zero-order chi connectivity index (χ0) is 21.2. The van der Waals surface area contributed by atoms with Crippen LogP contribution >= 0.6 is 7.60 Å².